The second kappa shape index (κ2) is 2.23. The minimum Gasteiger partial charge on any atom is -0.309 e. The predicted octanol–water partition coefficient (Wildman–Crippen LogP) is 2.07. The zero-order valence-electron chi connectivity index (χ0n) is 6.82. The summed E-state index contributed by atoms with van der Waals surface area (Å²) >= 11 is 0. The van der Waals surface area contributed by atoms with Crippen molar-refractivity contribution in [3.63, 3.8) is 0 Å². The van der Waals surface area contributed by atoms with Gasteiger partial charge in [-0.2, -0.15) is 0 Å². The highest BCUT2D eigenvalue weighted by molar-refractivity contribution is 4.99. The maximum absolute atomic E-state index is 3.73. The van der Waals surface area contributed by atoms with Gasteiger partial charge in [0.2, 0.25) is 0 Å². The molecule has 1 aliphatic heterocycles. The fourth-order valence-corrected chi connectivity index (χ4v) is 2.61. The van der Waals surface area contributed by atoms with Crippen LogP contribution in [-0.2, 0) is 0 Å². The summed E-state index contributed by atoms with van der Waals surface area (Å²) in [4.78, 5) is 0. The molecule has 10 heavy (non-hydrogen) atoms. The Kier molecular flexibility index (Phi) is 1.48. The molecule has 1 atom stereocenters. The van der Waals surface area contributed by atoms with Crippen molar-refractivity contribution in [3.05, 3.63) is 0 Å². The van der Waals surface area contributed by atoms with E-state index < -0.39 is 0 Å². The second-order valence-electron chi connectivity index (χ2n) is 4.07. The Hall–Kier alpha value is -0.0400. The fourth-order valence-electron chi connectivity index (χ4n) is 2.61. The van der Waals surface area contributed by atoms with Crippen LogP contribution in [0.5, 0.6) is 0 Å². The largest absolute Gasteiger partial charge is 0.309 e. The summed E-state index contributed by atoms with van der Waals surface area (Å²) < 4.78 is 0. The molecule has 1 saturated carbocycles. The van der Waals surface area contributed by atoms with Gasteiger partial charge in [0, 0.05) is 11.6 Å². The molecule has 2 fully saturated rings. The quantitative estimate of drug-likeness (QED) is 0.541. The first-order chi connectivity index (χ1) is 4.81. The molecular formula is C9H17N. The number of rotatable bonds is 0. The van der Waals surface area contributed by atoms with Gasteiger partial charge in [-0.3, -0.25) is 0 Å². The van der Waals surface area contributed by atoms with Crippen LogP contribution in [0, 0.1) is 0 Å². The number of hydrogen-bond donors (Lipinski definition) is 1. The van der Waals surface area contributed by atoms with Crippen LogP contribution < -0.4 is 5.32 Å². The Bertz CT molecular complexity index is 125. The topological polar surface area (TPSA) is 12.0 Å². The first-order valence-corrected chi connectivity index (χ1v) is 4.58. The molecule has 1 spiro atoms. The number of hydrogen-bond acceptors (Lipinski definition) is 1. The normalized spacial score (nSPS) is 37.5. The van der Waals surface area contributed by atoms with Gasteiger partial charge in [0.1, 0.15) is 0 Å². The lowest BCUT2D eigenvalue weighted by Crippen LogP contribution is -2.39. The summed E-state index contributed by atoms with van der Waals surface area (Å²) in [6, 6.07) is 0.790. The van der Waals surface area contributed by atoms with Gasteiger partial charge in [0.25, 0.3) is 0 Å². The molecule has 0 bridgehead atoms. The van der Waals surface area contributed by atoms with Crippen molar-refractivity contribution >= 4 is 0 Å². The molecule has 58 valence electrons. The maximum Gasteiger partial charge on any atom is 0.0184 e. The van der Waals surface area contributed by atoms with E-state index in [1.165, 1.54) is 38.5 Å². The molecule has 2 rings (SSSR count). The van der Waals surface area contributed by atoms with Crippen molar-refractivity contribution in [2.75, 3.05) is 0 Å². The van der Waals surface area contributed by atoms with E-state index in [0.717, 1.165) is 6.04 Å². The van der Waals surface area contributed by atoms with Crippen molar-refractivity contribution < 1.29 is 0 Å². The van der Waals surface area contributed by atoms with Gasteiger partial charge < -0.3 is 5.32 Å². The minimum atomic E-state index is 0.611. The molecule has 1 aliphatic carbocycles. The van der Waals surface area contributed by atoms with E-state index in [1.807, 2.05) is 0 Å². The third-order valence-electron chi connectivity index (χ3n) is 3.17. The molecule has 0 aromatic heterocycles. The summed E-state index contributed by atoms with van der Waals surface area (Å²) in [5.74, 6) is 0. The Morgan fingerprint density at radius 3 is 2.40 bits per heavy atom. The van der Waals surface area contributed by atoms with Crippen LogP contribution in [-0.4, -0.2) is 11.6 Å². The van der Waals surface area contributed by atoms with Crippen LogP contribution in [0.4, 0.5) is 0 Å². The molecule has 0 unspecified atom stereocenters. The van der Waals surface area contributed by atoms with Gasteiger partial charge >= 0.3 is 0 Å². The van der Waals surface area contributed by atoms with Crippen LogP contribution >= 0.6 is 0 Å². The second-order valence-corrected chi connectivity index (χ2v) is 4.07. The van der Waals surface area contributed by atoms with E-state index in [0.29, 0.717) is 5.54 Å². The van der Waals surface area contributed by atoms with Crippen LogP contribution in [0.15, 0.2) is 0 Å². The Labute approximate surface area is 63.2 Å². The molecule has 1 heteroatoms. The van der Waals surface area contributed by atoms with E-state index >= 15 is 0 Å². The lowest BCUT2D eigenvalue weighted by molar-refractivity contribution is 0.372. The average molecular weight is 139 g/mol. The van der Waals surface area contributed by atoms with E-state index in [4.69, 9.17) is 0 Å². The molecule has 1 N–H and O–H groups in total. The monoisotopic (exact) mass is 139 g/mol. The average Bonchev–Trinajstić information content (AvgIpc) is 2.46. The summed E-state index contributed by atoms with van der Waals surface area (Å²) in [5.41, 5.74) is 0.611. The molecule has 0 aromatic rings. The highest BCUT2D eigenvalue weighted by atomic mass is 15.0. The fraction of sp³-hybridized carbons (Fsp3) is 1.00. The van der Waals surface area contributed by atoms with Gasteiger partial charge in [0.15, 0.2) is 0 Å². The standard InChI is InChI=1S/C9H17N/c1-8-4-7-9(10-8)5-2-3-6-9/h8,10H,2-7H2,1H3/t8-/m1/s1. The highest BCUT2D eigenvalue weighted by Crippen LogP contribution is 2.38. The van der Waals surface area contributed by atoms with Gasteiger partial charge in [-0.05, 0) is 32.6 Å². The molecule has 0 amide bonds. The van der Waals surface area contributed by atoms with Crippen molar-refractivity contribution in [2.45, 2.75) is 57.0 Å². The zero-order chi connectivity index (χ0) is 7.03. The summed E-state index contributed by atoms with van der Waals surface area (Å²) in [6.45, 7) is 2.31. The van der Waals surface area contributed by atoms with Gasteiger partial charge in [-0.25, -0.2) is 0 Å². The minimum absolute atomic E-state index is 0.611. The third-order valence-corrected chi connectivity index (χ3v) is 3.17. The smallest absolute Gasteiger partial charge is 0.0184 e. The molecule has 0 radical (unpaired) electrons. The maximum atomic E-state index is 3.73. The SMILES string of the molecule is C[C@@H]1CCC2(CCCC2)N1. The highest BCUT2D eigenvalue weighted by Gasteiger charge is 2.38. The van der Waals surface area contributed by atoms with Gasteiger partial charge in [-0.1, -0.05) is 12.8 Å². The van der Waals surface area contributed by atoms with E-state index in [9.17, 15) is 0 Å². The molecule has 0 aromatic carbocycles. The number of nitrogens with one attached hydrogen (secondary N) is 1. The summed E-state index contributed by atoms with van der Waals surface area (Å²) in [5, 5.41) is 3.73. The van der Waals surface area contributed by atoms with Crippen LogP contribution in [0.3, 0.4) is 0 Å². The van der Waals surface area contributed by atoms with Crippen molar-refractivity contribution in [3.8, 4) is 0 Å². The predicted molar refractivity (Wildman–Crippen MR) is 43.0 cm³/mol. The van der Waals surface area contributed by atoms with Crippen molar-refractivity contribution in [1.29, 1.82) is 0 Å². The first-order valence-electron chi connectivity index (χ1n) is 4.58. The Balaban J connectivity index is 2.03. The molecule has 1 heterocycles. The van der Waals surface area contributed by atoms with Crippen LogP contribution in [0.2, 0.25) is 0 Å². The van der Waals surface area contributed by atoms with Gasteiger partial charge in [-0.15, -0.1) is 0 Å². The molecular weight excluding hydrogens is 122 g/mol. The van der Waals surface area contributed by atoms with Gasteiger partial charge in [0.05, 0.1) is 0 Å². The molecule has 1 saturated heterocycles. The lowest BCUT2D eigenvalue weighted by atomic mass is 9.96. The first kappa shape index (κ1) is 6.66. The summed E-state index contributed by atoms with van der Waals surface area (Å²) in [6.07, 6.45) is 8.64. The Morgan fingerprint density at radius 2 is 1.90 bits per heavy atom. The zero-order valence-corrected chi connectivity index (χ0v) is 6.82. The van der Waals surface area contributed by atoms with Crippen molar-refractivity contribution in [2.24, 2.45) is 0 Å². The Morgan fingerprint density at radius 1 is 1.20 bits per heavy atom. The van der Waals surface area contributed by atoms with Crippen LogP contribution in [0.25, 0.3) is 0 Å². The van der Waals surface area contributed by atoms with Crippen molar-refractivity contribution in [1.82, 2.24) is 5.32 Å². The molecule has 2 aliphatic rings. The lowest BCUT2D eigenvalue weighted by Gasteiger charge is -2.23. The van der Waals surface area contributed by atoms with E-state index in [-0.39, 0.29) is 0 Å². The van der Waals surface area contributed by atoms with E-state index in [1.54, 1.807) is 0 Å². The summed E-state index contributed by atoms with van der Waals surface area (Å²) in [7, 11) is 0. The molecule has 1 nitrogen and oxygen atoms in total. The third kappa shape index (κ3) is 0.968. The van der Waals surface area contributed by atoms with E-state index in [2.05, 4.69) is 12.2 Å². The van der Waals surface area contributed by atoms with Crippen LogP contribution in [0.1, 0.15) is 45.4 Å².